The SMILES string of the molecule is O=C(N[C@H](CO)Cc1ccccc1)[C@@H]1O[C@H]2CN(Cc3ccccc3)C(=O)[C@@H]1O2. The third-order valence-corrected chi connectivity index (χ3v) is 5.16. The predicted octanol–water partition coefficient (Wildman–Crippen LogP) is 0.859. The molecule has 0 radical (unpaired) electrons. The van der Waals surface area contributed by atoms with Gasteiger partial charge in [0.1, 0.15) is 0 Å². The average Bonchev–Trinajstić information content (AvgIpc) is 3.12. The lowest BCUT2D eigenvalue weighted by molar-refractivity contribution is -0.162. The van der Waals surface area contributed by atoms with Gasteiger partial charge in [0, 0.05) is 6.54 Å². The molecule has 7 nitrogen and oxygen atoms in total. The summed E-state index contributed by atoms with van der Waals surface area (Å²) in [6, 6.07) is 18.8. The standard InChI is InChI=1S/C22H24N2O5/c25-14-17(11-15-7-3-1-4-8-15)23-21(26)19-20-22(27)24(13-18(28-19)29-20)12-16-9-5-2-6-10-16/h1-10,17-20,25H,11-14H2,(H,23,26)/t17-,18+,19+,20+/m0/s1. The van der Waals surface area contributed by atoms with E-state index < -0.39 is 30.4 Å². The van der Waals surface area contributed by atoms with Gasteiger partial charge in [-0.15, -0.1) is 0 Å². The van der Waals surface area contributed by atoms with Crippen molar-refractivity contribution in [2.45, 2.75) is 37.5 Å². The first-order valence-electron chi connectivity index (χ1n) is 9.73. The van der Waals surface area contributed by atoms with Gasteiger partial charge in [0.15, 0.2) is 18.5 Å². The van der Waals surface area contributed by atoms with E-state index in [-0.39, 0.29) is 19.1 Å². The van der Waals surface area contributed by atoms with Crippen molar-refractivity contribution >= 4 is 11.8 Å². The molecule has 7 heteroatoms. The molecule has 4 rings (SSSR count). The van der Waals surface area contributed by atoms with E-state index in [1.54, 1.807) is 4.90 Å². The Morgan fingerprint density at radius 1 is 1.07 bits per heavy atom. The quantitative estimate of drug-likeness (QED) is 0.725. The molecule has 2 heterocycles. The minimum atomic E-state index is -1.02. The maximum atomic E-state index is 12.8. The zero-order valence-electron chi connectivity index (χ0n) is 15.9. The summed E-state index contributed by atoms with van der Waals surface area (Å²) < 4.78 is 11.3. The highest BCUT2D eigenvalue weighted by Gasteiger charge is 2.51. The van der Waals surface area contributed by atoms with Gasteiger partial charge in [-0.2, -0.15) is 0 Å². The summed E-state index contributed by atoms with van der Waals surface area (Å²) in [5, 5.41) is 12.5. The molecule has 0 saturated carbocycles. The number of aliphatic hydroxyl groups excluding tert-OH is 1. The van der Waals surface area contributed by atoms with E-state index in [0.29, 0.717) is 13.0 Å². The Balaban J connectivity index is 1.39. The van der Waals surface area contributed by atoms with Gasteiger partial charge >= 0.3 is 0 Å². The van der Waals surface area contributed by atoms with Crippen LogP contribution >= 0.6 is 0 Å². The van der Waals surface area contributed by atoms with Gasteiger partial charge in [-0.3, -0.25) is 9.59 Å². The van der Waals surface area contributed by atoms with Crippen LogP contribution in [0.15, 0.2) is 60.7 Å². The van der Waals surface area contributed by atoms with Crippen molar-refractivity contribution in [1.29, 1.82) is 0 Å². The minimum absolute atomic E-state index is 0.212. The van der Waals surface area contributed by atoms with Gasteiger partial charge in [0.2, 0.25) is 0 Å². The number of rotatable bonds is 7. The fourth-order valence-electron chi connectivity index (χ4n) is 3.71. The van der Waals surface area contributed by atoms with Crippen LogP contribution in [0.4, 0.5) is 0 Å². The first-order chi connectivity index (χ1) is 14.1. The van der Waals surface area contributed by atoms with Crippen LogP contribution in [-0.2, 0) is 32.0 Å². The van der Waals surface area contributed by atoms with E-state index in [4.69, 9.17) is 9.47 Å². The van der Waals surface area contributed by atoms with E-state index in [2.05, 4.69) is 5.32 Å². The summed E-state index contributed by atoms with van der Waals surface area (Å²) in [5.74, 6) is -0.700. The van der Waals surface area contributed by atoms with Crippen LogP contribution in [-0.4, -0.2) is 59.5 Å². The van der Waals surface area contributed by atoms with Crippen LogP contribution < -0.4 is 5.32 Å². The molecule has 0 unspecified atom stereocenters. The van der Waals surface area contributed by atoms with Crippen LogP contribution in [0.3, 0.4) is 0 Å². The largest absolute Gasteiger partial charge is 0.394 e. The molecule has 0 aliphatic carbocycles. The molecule has 4 atom stereocenters. The molecule has 2 saturated heterocycles. The van der Waals surface area contributed by atoms with E-state index in [1.165, 1.54) is 0 Å². The topological polar surface area (TPSA) is 88.1 Å². The molecule has 2 amide bonds. The second kappa shape index (κ2) is 8.73. The Labute approximate surface area is 169 Å². The van der Waals surface area contributed by atoms with Crippen molar-refractivity contribution < 1.29 is 24.2 Å². The van der Waals surface area contributed by atoms with E-state index in [0.717, 1.165) is 11.1 Å². The maximum absolute atomic E-state index is 12.8. The molecule has 0 aromatic heterocycles. The molecule has 29 heavy (non-hydrogen) atoms. The van der Waals surface area contributed by atoms with Crippen molar-refractivity contribution in [3.63, 3.8) is 0 Å². The number of carbonyl (C=O) groups is 2. The van der Waals surface area contributed by atoms with Gasteiger partial charge in [0.25, 0.3) is 11.8 Å². The number of carbonyl (C=O) groups excluding carboxylic acids is 2. The zero-order chi connectivity index (χ0) is 20.2. The second-order valence-corrected chi connectivity index (χ2v) is 7.33. The lowest BCUT2D eigenvalue weighted by Crippen LogP contribution is -2.53. The van der Waals surface area contributed by atoms with E-state index >= 15 is 0 Å². The van der Waals surface area contributed by atoms with Crippen LogP contribution in [0.5, 0.6) is 0 Å². The number of nitrogens with zero attached hydrogens (tertiary/aromatic N) is 1. The van der Waals surface area contributed by atoms with Crippen molar-refractivity contribution in [3.8, 4) is 0 Å². The Hall–Kier alpha value is -2.74. The molecule has 2 aromatic rings. The van der Waals surface area contributed by atoms with Crippen LogP contribution in [0.2, 0.25) is 0 Å². The summed E-state index contributed by atoms with van der Waals surface area (Å²) in [5.41, 5.74) is 2.01. The van der Waals surface area contributed by atoms with Gasteiger partial charge in [-0.25, -0.2) is 0 Å². The number of ether oxygens (including phenoxy) is 2. The molecule has 2 N–H and O–H groups in total. The van der Waals surface area contributed by atoms with Crippen molar-refractivity contribution in [3.05, 3.63) is 71.8 Å². The molecule has 2 aliphatic heterocycles. The molecule has 2 aromatic carbocycles. The number of hydrogen-bond donors (Lipinski definition) is 2. The van der Waals surface area contributed by atoms with Crippen molar-refractivity contribution in [1.82, 2.24) is 10.2 Å². The summed E-state index contributed by atoms with van der Waals surface area (Å²) in [7, 11) is 0. The highest BCUT2D eigenvalue weighted by Crippen LogP contribution is 2.28. The molecular formula is C22H24N2O5. The lowest BCUT2D eigenvalue weighted by atomic mass is 10.1. The average molecular weight is 396 g/mol. The highest BCUT2D eigenvalue weighted by atomic mass is 16.7. The highest BCUT2D eigenvalue weighted by molar-refractivity contribution is 5.92. The molecule has 2 aliphatic rings. The number of morpholine rings is 1. The van der Waals surface area contributed by atoms with Gasteiger partial charge in [-0.05, 0) is 17.5 Å². The summed E-state index contributed by atoms with van der Waals surface area (Å²) in [4.78, 5) is 27.3. The summed E-state index contributed by atoms with van der Waals surface area (Å²) >= 11 is 0. The van der Waals surface area contributed by atoms with Crippen molar-refractivity contribution in [2.75, 3.05) is 13.2 Å². The number of fused-ring (bicyclic) bond motifs is 2. The summed E-state index contributed by atoms with van der Waals surface area (Å²) in [6.45, 7) is 0.513. The lowest BCUT2D eigenvalue weighted by Gasteiger charge is -2.30. The maximum Gasteiger partial charge on any atom is 0.255 e. The predicted molar refractivity (Wildman–Crippen MR) is 105 cm³/mol. The first-order valence-corrected chi connectivity index (χ1v) is 9.73. The minimum Gasteiger partial charge on any atom is -0.394 e. The Kier molecular flexibility index (Phi) is 5.89. The molecule has 152 valence electrons. The van der Waals surface area contributed by atoms with E-state index in [1.807, 2.05) is 60.7 Å². The number of nitrogens with one attached hydrogen (secondary N) is 1. The van der Waals surface area contributed by atoms with Gasteiger partial charge < -0.3 is 24.8 Å². The number of aliphatic hydroxyl groups is 1. The number of hydrogen-bond acceptors (Lipinski definition) is 5. The fraction of sp³-hybridized carbons (Fsp3) is 0.364. The van der Waals surface area contributed by atoms with Crippen molar-refractivity contribution in [2.24, 2.45) is 0 Å². The third-order valence-electron chi connectivity index (χ3n) is 5.16. The normalized spacial score (nSPS) is 24.4. The Morgan fingerprint density at radius 3 is 2.38 bits per heavy atom. The number of benzene rings is 2. The Morgan fingerprint density at radius 2 is 1.72 bits per heavy atom. The summed E-state index contributed by atoms with van der Waals surface area (Å²) in [6.07, 6.45) is -2.12. The molecule has 2 fully saturated rings. The smallest absolute Gasteiger partial charge is 0.255 e. The number of amides is 2. The van der Waals surface area contributed by atoms with Crippen LogP contribution in [0.1, 0.15) is 11.1 Å². The molecule has 0 spiro atoms. The van der Waals surface area contributed by atoms with Gasteiger partial charge in [-0.1, -0.05) is 60.7 Å². The Bertz CT molecular complexity index is 845. The second-order valence-electron chi connectivity index (χ2n) is 7.33. The van der Waals surface area contributed by atoms with Gasteiger partial charge in [0.05, 0.1) is 19.2 Å². The molecule has 2 bridgehead atoms. The third kappa shape index (κ3) is 4.48. The van der Waals surface area contributed by atoms with Crippen LogP contribution in [0, 0.1) is 0 Å². The zero-order valence-corrected chi connectivity index (χ0v) is 15.9. The molecular weight excluding hydrogens is 372 g/mol. The van der Waals surface area contributed by atoms with Crippen LogP contribution in [0.25, 0.3) is 0 Å². The van der Waals surface area contributed by atoms with E-state index in [9.17, 15) is 14.7 Å². The monoisotopic (exact) mass is 396 g/mol. The first kappa shape index (κ1) is 19.6. The fourth-order valence-corrected chi connectivity index (χ4v) is 3.71.